The highest BCUT2D eigenvalue weighted by atomic mass is 35.5. The summed E-state index contributed by atoms with van der Waals surface area (Å²) in [5, 5.41) is 13.7. The van der Waals surface area contributed by atoms with Gasteiger partial charge in [0, 0.05) is 21.5 Å². The van der Waals surface area contributed by atoms with Gasteiger partial charge in [0.25, 0.3) is 0 Å². The molecule has 0 amide bonds. The van der Waals surface area contributed by atoms with Crippen LogP contribution in [0.1, 0.15) is 25.7 Å². The molecule has 0 radical (unpaired) electrons. The van der Waals surface area contributed by atoms with Gasteiger partial charge in [0.1, 0.15) is 0 Å². The maximum absolute atomic E-state index is 11.0. The molecule has 0 aliphatic heterocycles. The zero-order valence-corrected chi connectivity index (χ0v) is 12.3. The SMILES string of the molecule is CC(C(=O)O)C(C)c1nc(-c2cc(Cl)cc(Cl)c2)no1. The molecule has 0 saturated heterocycles. The van der Waals surface area contributed by atoms with E-state index < -0.39 is 11.9 Å². The molecule has 0 aliphatic rings. The Morgan fingerprint density at radius 3 is 2.40 bits per heavy atom. The summed E-state index contributed by atoms with van der Waals surface area (Å²) in [5.74, 6) is -1.32. The third-order valence-electron chi connectivity index (χ3n) is 3.09. The number of nitrogens with zero attached hydrogens (tertiary/aromatic N) is 2. The van der Waals surface area contributed by atoms with E-state index >= 15 is 0 Å². The molecule has 2 unspecified atom stereocenters. The number of carboxylic acid groups (broad SMARTS) is 1. The van der Waals surface area contributed by atoms with Crippen molar-refractivity contribution in [2.75, 3.05) is 0 Å². The fourth-order valence-corrected chi connectivity index (χ4v) is 2.17. The van der Waals surface area contributed by atoms with Crippen molar-refractivity contribution in [1.82, 2.24) is 10.1 Å². The summed E-state index contributed by atoms with van der Waals surface area (Å²) >= 11 is 11.8. The topological polar surface area (TPSA) is 76.2 Å². The first-order valence-electron chi connectivity index (χ1n) is 5.91. The molecule has 5 nitrogen and oxygen atoms in total. The Labute approximate surface area is 125 Å². The number of aliphatic carboxylic acids is 1. The number of carbonyl (C=O) groups is 1. The van der Waals surface area contributed by atoms with Gasteiger partial charge < -0.3 is 9.63 Å². The van der Waals surface area contributed by atoms with E-state index in [4.69, 9.17) is 32.8 Å². The van der Waals surface area contributed by atoms with Crippen LogP contribution in [-0.4, -0.2) is 21.2 Å². The molecule has 0 saturated carbocycles. The molecule has 1 aromatic carbocycles. The zero-order chi connectivity index (χ0) is 14.9. The first-order chi connectivity index (χ1) is 9.38. The van der Waals surface area contributed by atoms with Crippen LogP contribution in [0.4, 0.5) is 0 Å². The van der Waals surface area contributed by atoms with E-state index in [9.17, 15) is 4.79 Å². The lowest BCUT2D eigenvalue weighted by atomic mass is 9.96. The summed E-state index contributed by atoms with van der Waals surface area (Å²) in [6, 6.07) is 4.92. The van der Waals surface area contributed by atoms with E-state index in [0.29, 0.717) is 21.4 Å². The molecule has 2 rings (SSSR count). The summed E-state index contributed by atoms with van der Waals surface area (Å²) < 4.78 is 5.12. The lowest BCUT2D eigenvalue weighted by molar-refractivity contribution is -0.141. The van der Waals surface area contributed by atoms with Gasteiger partial charge in [-0.25, -0.2) is 0 Å². The third-order valence-corrected chi connectivity index (χ3v) is 3.53. The van der Waals surface area contributed by atoms with Crippen LogP contribution in [0.25, 0.3) is 11.4 Å². The second-order valence-corrected chi connectivity index (χ2v) is 5.40. The molecule has 0 bridgehead atoms. The van der Waals surface area contributed by atoms with Crippen LogP contribution >= 0.6 is 23.2 Å². The van der Waals surface area contributed by atoms with E-state index in [1.54, 1.807) is 32.0 Å². The molecule has 7 heteroatoms. The molecule has 1 N–H and O–H groups in total. The molecule has 1 heterocycles. The maximum Gasteiger partial charge on any atom is 0.307 e. The first kappa shape index (κ1) is 14.8. The highest BCUT2D eigenvalue weighted by Crippen LogP contribution is 2.28. The van der Waals surface area contributed by atoms with Gasteiger partial charge in [0.15, 0.2) is 0 Å². The smallest absolute Gasteiger partial charge is 0.307 e. The van der Waals surface area contributed by atoms with Crippen LogP contribution in [0.15, 0.2) is 22.7 Å². The molecule has 2 atom stereocenters. The Morgan fingerprint density at radius 1 is 1.25 bits per heavy atom. The molecule has 1 aromatic heterocycles. The predicted octanol–water partition coefficient (Wildman–Crippen LogP) is 3.87. The van der Waals surface area contributed by atoms with E-state index in [-0.39, 0.29) is 11.8 Å². The van der Waals surface area contributed by atoms with Gasteiger partial charge in [-0.05, 0) is 18.2 Å². The lowest BCUT2D eigenvalue weighted by Gasteiger charge is -2.10. The number of hydrogen-bond donors (Lipinski definition) is 1. The summed E-state index contributed by atoms with van der Waals surface area (Å²) in [6.45, 7) is 3.31. The monoisotopic (exact) mass is 314 g/mol. The quantitative estimate of drug-likeness (QED) is 0.927. The standard InChI is InChI=1S/C13H12Cl2N2O3/c1-6(7(2)13(18)19)12-16-11(17-20-12)8-3-9(14)5-10(15)4-8/h3-7H,1-2H3,(H,18,19). The average Bonchev–Trinajstić information content (AvgIpc) is 2.85. The Morgan fingerprint density at radius 2 is 1.85 bits per heavy atom. The number of hydrogen-bond acceptors (Lipinski definition) is 4. The molecular weight excluding hydrogens is 303 g/mol. The second-order valence-electron chi connectivity index (χ2n) is 4.53. The van der Waals surface area contributed by atoms with Gasteiger partial charge in [-0.2, -0.15) is 4.98 Å². The molecule has 20 heavy (non-hydrogen) atoms. The predicted molar refractivity (Wildman–Crippen MR) is 75.0 cm³/mol. The van der Waals surface area contributed by atoms with Crippen LogP contribution in [-0.2, 0) is 4.79 Å². The number of halogens is 2. The Kier molecular flexibility index (Phi) is 4.30. The van der Waals surface area contributed by atoms with Crippen molar-refractivity contribution in [1.29, 1.82) is 0 Å². The first-order valence-corrected chi connectivity index (χ1v) is 6.67. The van der Waals surface area contributed by atoms with Crippen molar-refractivity contribution in [3.63, 3.8) is 0 Å². The van der Waals surface area contributed by atoms with Crippen molar-refractivity contribution in [2.45, 2.75) is 19.8 Å². The van der Waals surface area contributed by atoms with E-state index in [1.165, 1.54) is 0 Å². The minimum atomic E-state index is -0.914. The van der Waals surface area contributed by atoms with Crippen LogP contribution in [0, 0.1) is 5.92 Å². The van der Waals surface area contributed by atoms with Gasteiger partial charge in [-0.15, -0.1) is 0 Å². The fraction of sp³-hybridized carbons (Fsp3) is 0.308. The summed E-state index contributed by atoms with van der Waals surface area (Å²) in [4.78, 5) is 15.2. The van der Waals surface area contributed by atoms with E-state index in [1.807, 2.05) is 0 Å². The number of rotatable bonds is 4. The zero-order valence-electron chi connectivity index (χ0n) is 10.8. The highest BCUT2D eigenvalue weighted by molar-refractivity contribution is 6.35. The van der Waals surface area contributed by atoms with Crippen molar-refractivity contribution in [3.05, 3.63) is 34.1 Å². The van der Waals surface area contributed by atoms with Crippen LogP contribution in [0.3, 0.4) is 0 Å². The van der Waals surface area contributed by atoms with Gasteiger partial charge >= 0.3 is 5.97 Å². The largest absolute Gasteiger partial charge is 0.481 e. The van der Waals surface area contributed by atoms with Crippen LogP contribution < -0.4 is 0 Å². The summed E-state index contributed by atoms with van der Waals surface area (Å²) in [7, 11) is 0. The molecule has 106 valence electrons. The third kappa shape index (κ3) is 3.11. The molecular formula is C13H12Cl2N2O3. The Bertz CT molecular complexity index is 622. The average molecular weight is 315 g/mol. The number of aromatic nitrogens is 2. The number of carboxylic acids is 1. The van der Waals surface area contributed by atoms with Gasteiger partial charge in [0.2, 0.25) is 11.7 Å². The molecule has 0 fully saturated rings. The Balaban J connectivity index is 2.31. The van der Waals surface area contributed by atoms with Gasteiger partial charge in [0.05, 0.1) is 5.92 Å². The van der Waals surface area contributed by atoms with Crippen molar-refractivity contribution >= 4 is 29.2 Å². The normalized spacial score (nSPS) is 14.0. The van der Waals surface area contributed by atoms with E-state index in [2.05, 4.69) is 10.1 Å². The van der Waals surface area contributed by atoms with Crippen molar-refractivity contribution in [2.24, 2.45) is 5.92 Å². The highest BCUT2D eigenvalue weighted by Gasteiger charge is 2.26. The second kappa shape index (κ2) is 5.81. The molecule has 0 spiro atoms. The van der Waals surface area contributed by atoms with Crippen molar-refractivity contribution in [3.8, 4) is 11.4 Å². The summed E-state index contributed by atoms with van der Waals surface area (Å²) in [6.07, 6.45) is 0. The molecule has 0 aliphatic carbocycles. The molecule has 2 aromatic rings. The van der Waals surface area contributed by atoms with Crippen LogP contribution in [0.5, 0.6) is 0 Å². The van der Waals surface area contributed by atoms with Crippen LogP contribution in [0.2, 0.25) is 10.0 Å². The van der Waals surface area contributed by atoms with Gasteiger partial charge in [-0.1, -0.05) is 42.2 Å². The maximum atomic E-state index is 11.0. The summed E-state index contributed by atoms with van der Waals surface area (Å²) in [5.41, 5.74) is 0.618. The van der Waals surface area contributed by atoms with E-state index in [0.717, 1.165) is 0 Å². The van der Waals surface area contributed by atoms with Crippen molar-refractivity contribution < 1.29 is 14.4 Å². The lowest BCUT2D eigenvalue weighted by Crippen LogP contribution is -2.16. The Hall–Kier alpha value is -1.59. The number of benzene rings is 1. The minimum absolute atomic E-state index is 0.269. The van der Waals surface area contributed by atoms with Gasteiger partial charge in [-0.3, -0.25) is 4.79 Å². The fourth-order valence-electron chi connectivity index (χ4n) is 1.65. The minimum Gasteiger partial charge on any atom is -0.481 e.